The molecule has 5 aliphatic rings. The van der Waals surface area contributed by atoms with E-state index in [-0.39, 0.29) is 48.5 Å². The molecule has 2 saturated carbocycles. The highest BCUT2D eigenvalue weighted by Gasteiger charge is 2.45. The Hall–Kier alpha value is -5.18. The molecule has 0 radical (unpaired) electrons. The predicted molar refractivity (Wildman–Crippen MR) is 277 cm³/mol. The molecule has 3 saturated heterocycles. The van der Waals surface area contributed by atoms with Crippen molar-refractivity contribution >= 4 is 12.2 Å². The summed E-state index contributed by atoms with van der Waals surface area (Å²) in [5, 5.41) is 20.0. The second-order valence-corrected chi connectivity index (χ2v) is 22.5. The molecule has 6 N–H and O–H groups in total. The lowest BCUT2D eigenvalue weighted by atomic mass is 9.92. The molecule has 18 heteroatoms. The molecule has 14 nitrogen and oxygen atoms in total. The van der Waals surface area contributed by atoms with E-state index in [1.807, 2.05) is 6.07 Å². The SMILES string of the molecule is CC(C)(C)OC(=O)NC(Cc1cc(F)cc(F)c1)C(O)CNC1(c2cccc(C3CCOCOC3)c2)CC1.CC(C)(C)OC(=O)NC(Cc1cc(F)cc(F)c1)C1CO1.NC1(c2cccc(C3CCOCOC3)c2)CC1. The molecule has 416 valence electrons. The van der Waals surface area contributed by atoms with Crippen molar-refractivity contribution in [3.8, 4) is 0 Å². The zero-order chi connectivity index (χ0) is 54.7. The van der Waals surface area contributed by atoms with E-state index in [4.69, 9.17) is 38.9 Å². The highest BCUT2D eigenvalue weighted by Crippen LogP contribution is 2.46. The van der Waals surface area contributed by atoms with Gasteiger partial charge in [0.2, 0.25) is 0 Å². The molecule has 6 unspecified atom stereocenters. The number of carbonyl (C=O) groups excluding carboxylic acids is 2. The average Bonchev–Trinajstić information content (AvgIpc) is 4.18. The van der Waals surface area contributed by atoms with E-state index in [0.717, 1.165) is 69.4 Å². The van der Waals surface area contributed by atoms with Crippen molar-refractivity contribution in [1.29, 1.82) is 0 Å². The van der Waals surface area contributed by atoms with Gasteiger partial charge in [-0.1, -0.05) is 48.5 Å². The molecule has 0 spiro atoms. The minimum absolute atomic E-state index is 0.0308. The number of carbonyl (C=O) groups is 2. The first-order valence-electron chi connectivity index (χ1n) is 26.3. The average molecular weight is 1070 g/mol. The van der Waals surface area contributed by atoms with Gasteiger partial charge in [-0.2, -0.15) is 0 Å². The minimum atomic E-state index is -1.04. The van der Waals surface area contributed by atoms with Crippen LogP contribution in [0, 0.1) is 23.3 Å². The molecule has 4 aromatic carbocycles. The number of hydrogen-bond acceptors (Lipinski definition) is 12. The Balaban J connectivity index is 0.000000185. The Morgan fingerprint density at radius 3 is 1.61 bits per heavy atom. The van der Waals surface area contributed by atoms with Gasteiger partial charge in [0.1, 0.15) is 54.2 Å². The van der Waals surface area contributed by atoms with Gasteiger partial charge < -0.3 is 59.9 Å². The Bertz CT molecular complexity index is 2490. The number of ether oxygens (including phenoxy) is 7. The lowest BCUT2D eigenvalue weighted by Gasteiger charge is -2.29. The van der Waals surface area contributed by atoms with Gasteiger partial charge in [-0.15, -0.1) is 0 Å². The standard InChI is InChI=1S/C29H38F2N2O5.C15H19F2NO3.C14H19NO2/c1-28(2,3)38-27(35)33-25(13-19-11-23(30)15-24(31)12-19)26(34)16-32-29(8-9-29)22-6-4-5-20(14-22)21-7-10-36-18-37-17-21;1-15(2,3)21-14(19)18-12(13-8-20-13)6-9-4-10(16)7-11(17)5-9;15-14(5-6-14)13-3-1-2-11(8-13)12-4-7-16-10-17-9-12/h4-6,11-12,14-15,21,25-26,32,34H,7-10,13,16-18H2,1-3H3,(H,33,35);4-5,7,12-13H,6,8H2,1-3H3,(H,18,19);1-3,8,12H,4-7,9-10,15H2. The molecule has 76 heavy (non-hydrogen) atoms. The van der Waals surface area contributed by atoms with Crippen LogP contribution in [0.2, 0.25) is 0 Å². The van der Waals surface area contributed by atoms with Crippen molar-refractivity contribution < 1.29 is 65.4 Å². The first-order chi connectivity index (χ1) is 36.0. The van der Waals surface area contributed by atoms with Gasteiger partial charge in [0.25, 0.3) is 0 Å². The Labute approximate surface area is 444 Å². The third kappa shape index (κ3) is 18.8. The fourth-order valence-electron chi connectivity index (χ4n) is 9.24. The summed E-state index contributed by atoms with van der Waals surface area (Å²) in [6, 6.07) is 22.4. The highest BCUT2D eigenvalue weighted by molar-refractivity contribution is 5.68. The fraction of sp³-hybridized carbons (Fsp3) is 0.552. The Morgan fingerprint density at radius 2 is 1.13 bits per heavy atom. The zero-order valence-corrected chi connectivity index (χ0v) is 44.6. The molecule has 3 aliphatic heterocycles. The van der Waals surface area contributed by atoms with Crippen LogP contribution >= 0.6 is 0 Å². The molecule has 3 heterocycles. The first kappa shape index (κ1) is 58.5. The van der Waals surface area contributed by atoms with Crippen LogP contribution in [-0.4, -0.2) is 106 Å². The van der Waals surface area contributed by atoms with E-state index in [1.165, 1.54) is 41.0 Å². The monoisotopic (exact) mass is 1060 g/mol. The summed E-state index contributed by atoms with van der Waals surface area (Å²) in [6.45, 7) is 14.7. The van der Waals surface area contributed by atoms with E-state index >= 15 is 0 Å². The quantitative estimate of drug-likeness (QED) is 0.0563. The Kier molecular flexibility index (Phi) is 20.0. The number of rotatable bonds is 15. The lowest BCUT2D eigenvalue weighted by Crippen LogP contribution is -2.51. The van der Waals surface area contributed by atoms with Gasteiger partial charge in [0.15, 0.2) is 0 Å². The Morgan fingerprint density at radius 1 is 0.658 bits per heavy atom. The number of amides is 2. The van der Waals surface area contributed by atoms with E-state index < -0.39 is 58.8 Å². The highest BCUT2D eigenvalue weighted by atomic mass is 19.1. The van der Waals surface area contributed by atoms with Crippen LogP contribution in [0.25, 0.3) is 0 Å². The van der Waals surface area contributed by atoms with Crippen molar-refractivity contribution in [2.24, 2.45) is 5.73 Å². The molecule has 6 atom stereocenters. The van der Waals surface area contributed by atoms with Crippen molar-refractivity contribution in [2.45, 2.75) is 151 Å². The fourth-order valence-corrected chi connectivity index (χ4v) is 9.24. The molecule has 0 aromatic heterocycles. The van der Waals surface area contributed by atoms with Gasteiger partial charge >= 0.3 is 12.2 Å². The molecular weight excluding hydrogens is 989 g/mol. The molecular formula is C58H76F4N4O10. The molecule has 4 aromatic rings. The third-order valence-electron chi connectivity index (χ3n) is 13.7. The summed E-state index contributed by atoms with van der Waals surface area (Å²) in [7, 11) is 0. The van der Waals surface area contributed by atoms with Gasteiger partial charge in [-0.3, -0.25) is 0 Å². The van der Waals surface area contributed by atoms with Crippen molar-refractivity contribution in [3.63, 3.8) is 0 Å². The second-order valence-electron chi connectivity index (χ2n) is 22.5. The topological polar surface area (TPSA) is 184 Å². The number of aliphatic hydroxyl groups is 1. The summed E-state index contributed by atoms with van der Waals surface area (Å²) in [6.07, 6.45) is 3.80. The van der Waals surface area contributed by atoms with Gasteiger partial charge in [-0.25, -0.2) is 27.2 Å². The maximum atomic E-state index is 13.8. The number of benzene rings is 4. The van der Waals surface area contributed by atoms with Gasteiger partial charge in [0.05, 0.1) is 51.2 Å². The second kappa shape index (κ2) is 26.0. The lowest BCUT2D eigenvalue weighted by molar-refractivity contribution is -0.0332. The summed E-state index contributed by atoms with van der Waals surface area (Å²) in [4.78, 5) is 24.3. The zero-order valence-electron chi connectivity index (χ0n) is 44.6. The molecule has 5 fully saturated rings. The van der Waals surface area contributed by atoms with Gasteiger partial charge in [0, 0.05) is 41.6 Å². The first-order valence-corrected chi connectivity index (χ1v) is 26.3. The van der Waals surface area contributed by atoms with E-state index in [1.54, 1.807) is 41.5 Å². The van der Waals surface area contributed by atoms with Crippen LogP contribution in [0.1, 0.15) is 125 Å². The van der Waals surface area contributed by atoms with Crippen LogP contribution in [0.15, 0.2) is 84.9 Å². The van der Waals surface area contributed by atoms with Crippen LogP contribution < -0.4 is 21.7 Å². The summed E-state index contributed by atoms with van der Waals surface area (Å²) >= 11 is 0. The summed E-state index contributed by atoms with van der Waals surface area (Å²) < 4.78 is 91.5. The van der Waals surface area contributed by atoms with Crippen LogP contribution in [0.3, 0.4) is 0 Å². The number of halogens is 4. The molecule has 0 bridgehead atoms. The largest absolute Gasteiger partial charge is 0.444 e. The van der Waals surface area contributed by atoms with Gasteiger partial charge in [-0.05, 0) is 151 Å². The smallest absolute Gasteiger partial charge is 0.407 e. The molecule has 2 aliphatic carbocycles. The van der Waals surface area contributed by atoms with Crippen molar-refractivity contribution in [3.05, 3.63) is 142 Å². The van der Waals surface area contributed by atoms with Crippen LogP contribution in [-0.2, 0) is 57.1 Å². The number of hydrogen-bond donors (Lipinski definition) is 5. The van der Waals surface area contributed by atoms with Crippen LogP contribution in [0.4, 0.5) is 27.2 Å². The summed E-state index contributed by atoms with van der Waals surface area (Å²) in [5.74, 6) is -2.01. The number of nitrogens with one attached hydrogen (secondary N) is 3. The number of alkyl carbamates (subject to hydrolysis) is 2. The molecule has 2 amide bonds. The number of nitrogens with two attached hydrogens (primary N) is 1. The van der Waals surface area contributed by atoms with Crippen LogP contribution in [0.5, 0.6) is 0 Å². The van der Waals surface area contributed by atoms with E-state index in [2.05, 4.69) is 58.4 Å². The minimum Gasteiger partial charge on any atom is -0.444 e. The van der Waals surface area contributed by atoms with Crippen molar-refractivity contribution in [2.75, 3.05) is 53.2 Å². The number of aliphatic hydroxyl groups excluding tert-OH is 1. The van der Waals surface area contributed by atoms with E-state index in [0.29, 0.717) is 50.5 Å². The van der Waals surface area contributed by atoms with Crippen molar-refractivity contribution in [1.82, 2.24) is 16.0 Å². The number of epoxide rings is 1. The van der Waals surface area contributed by atoms with E-state index in [9.17, 15) is 32.3 Å². The maximum absolute atomic E-state index is 13.8. The summed E-state index contributed by atoms with van der Waals surface area (Å²) in [5.41, 5.74) is 10.3. The maximum Gasteiger partial charge on any atom is 0.407 e. The normalized spacial score (nSPS) is 21.8. The third-order valence-corrected chi connectivity index (χ3v) is 13.7. The molecule has 9 rings (SSSR count). The predicted octanol–water partition coefficient (Wildman–Crippen LogP) is 9.43.